The molecule has 0 aromatic heterocycles. The number of rotatable bonds is 8. The summed E-state index contributed by atoms with van der Waals surface area (Å²) >= 11 is 0. The molecule has 6 atom stereocenters. The first-order valence-corrected chi connectivity index (χ1v) is 20.9. The van der Waals surface area contributed by atoms with Crippen LogP contribution in [0.15, 0.2) is 84.9 Å². The van der Waals surface area contributed by atoms with Crippen LogP contribution < -0.4 is 16.0 Å². The summed E-state index contributed by atoms with van der Waals surface area (Å²) in [6.07, 6.45) is 1.28. The Morgan fingerprint density at radius 2 is 1.16 bits per heavy atom. The molecule has 0 bridgehead atoms. The molecule has 0 spiro atoms. The van der Waals surface area contributed by atoms with Crippen molar-refractivity contribution in [3.8, 4) is 5.75 Å². The second kappa shape index (κ2) is 20.8. The first kappa shape index (κ1) is 45.8. The van der Waals surface area contributed by atoms with Crippen molar-refractivity contribution in [3.63, 3.8) is 0 Å². The molecule has 2 fully saturated rings. The number of nitrogens with one attached hydrogen (secondary N) is 3. The highest BCUT2D eigenvalue weighted by Gasteiger charge is 2.42. The summed E-state index contributed by atoms with van der Waals surface area (Å²) in [7, 11) is 4.43. The van der Waals surface area contributed by atoms with E-state index in [2.05, 4.69) is 16.0 Å². The lowest BCUT2D eigenvalue weighted by molar-refractivity contribution is -0.150. The van der Waals surface area contributed by atoms with Crippen LogP contribution in [0.5, 0.6) is 5.75 Å². The molecular weight excluding hydrogens is 779 g/mol. The van der Waals surface area contributed by atoms with Gasteiger partial charge in [0.25, 0.3) is 0 Å². The van der Waals surface area contributed by atoms with Crippen LogP contribution in [0.3, 0.4) is 0 Å². The van der Waals surface area contributed by atoms with E-state index in [0.717, 1.165) is 11.1 Å². The van der Waals surface area contributed by atoms with Gasteiger partial charge >= 0.3 is 0 Å². The van der Waals surface area contributed by atoms with E-state index in [1.54, 1.807) is 36.4 Å². The Morgan fingerprint density at radius 3 is 1.77 bits per heavy atom. The van der Waals surface area contributed by atoms with E-state index in [4.69, 9.17) is 0 Å². The number of likely N-dealkylation sites (N-methyl/N-ethyl adjacent to an activating group) is 3. The molecule has 2 heterocycles. The van der Waals surface area contributed by atoms with Crippen molar-refractivity contribution in [2.75, 3.05) is 34.2 Å². The fourth-order valence-electron chi connectivity index (χ4n) is 7.97. The van der Waals surface area contributed by atoms with E-state index in [-0.39, 0.29) is 43.9 Å². The summed E-state index contributed by atoms with van der Waals surface area (Å²) in [5.74, 6) is -4.03. The normalized spacial score (nSPS) is 24.3. The molecule has 15 nitrogen and oxygen atoms in total. The lowest BCUT2D eigenvalue weighted by atomic mass is 9.99. The van der Waals surface area contributed by atoms with E-state index in [0.29, 0.717) is 18.4 Å². The number of carbonyl (C=O) groups excluding carboxylic acids is 7. The second-order valence-electron chi connectivity index (χ2n) is 16.6. The van der Waals surface area contributed by atoms with Gasteiger partial charge in [0.1, 0.15) is 42.0 Å². The highest BCUT2D eigenvalue weighted by atomic mass is 16.3. The molecular formula is C46H59N7O8. The minimum Gasteiger partial charge on any atom is -0.508 e. The number of nitrogens with zero attached hydrogens (tertiary/aromatic N) is 4. The molecule has 326 valence electrons. The Kier molecular flexibility index (Phi) is 15.6. The lowest BCUT2D eigenvalue weighted by Gasteiger charge is -2.36. The fraction of sp³-hybridized carbons (Fsp3) is 0.457. The number of carbonyl (C=O) groups is 7. The maximum Gasteiger partial charge on any atom is 0.246 e. The van der Waals surface area contributed by atoms with Gasteiger partial charge in [-0.05, 0) is 60.9 Å². The quantitative estimate of drug-likeness (QED) is 0.266. The maximum atomic E-state index is 14.7. The van der Waals surface area contributed by atoms with Crippen molar-refractivity contribution in [3.05, 3.63) is 102 Å². The zero-order valence-corrected chi connectivity index (χ0v) is 35.9. The Labute approximate surface area is 357 Å². The molecule has 61 heavy (non-hydrogen) atoms. The molecule has 7 amide bonds. The molecule has 3 aromatic carbocycles. The van der Waals surface area contributed by atoms with Gasteiger partial charge in [0.05, 0.1) is 6.54 Å². The minimum atomic E-state index is -1.20. The number of amides is 7. The van der Waals surface area contributed by atoms with Gasteiger partial charge in [0.2, 0.25) is 41.4 Å². The van der Waals surface area contributed by atoms with Gasteiger partial charge in [-0.2, -0.15) is 0 Å². The number of hydrogen-bond donors (Lipinski definition) is 4. The van der Waals surface area contributed by atoms with Gasteiger partial charge < -0.3 is 40.7 Å². The number of hydrogen-bond acceptors (Lipinski definition) is 8. The van der Waals surface area contributed by atoms with Gasteiger partial charge in [-0.1, -0.05) is 86.6 Å². The smallest absolute Gasteiger partial charge is 0.246 e. The molecule has 15 heteroatoms. The molecule has 0 unspecified atom stereocenters. The molecule has 2 aliphatic rings. The van der Waals surface area contributed by atoms with Crippen LogP contribution >= 0.6 is 0 Å². The van der Waals surface area contributed by atoms with Gasteiger partial charge in [0.15, 0.2) is 0 Å². The van der Waals surface area contributed by atoms with E-state index in [1.807, 2.05) is 50.2 Å². The highest BCUT2D eigenvalue weighted by molar-refractivity contribution is 5.98. The average Bonchev–Trinajstić information content (AvgIpc) is 3.73. The summed E-state index contributed by atoms with van der Waals surface area (Å²) in [6, 6.07) is 17.8. The van der Waals surface area contributed by atoms with E-state index >= 15 is 0 Å². The first-order chi connectivity index (χ1) is 29.0. The number of phenolic OH excluding ortho intramolecular Hbond substituents is 1. The Hall–Kier alpha value is -6.25. The molecule has 2 aliphatic heterocycles. The van der Waals surface area contributed by atoms with Gasteiger partial charge in [0, 0.05) is 47.0 Å². The van der Waals surface area contributed by atoms with E-state index in [1.165, 1.54) is 59.8 Å². The number of benzene rings is 3. The summed E-state index contributed by atoms with van der Waals surface area (Å²) < 4.78 is 0. The predicted molar refractivity (Wildman–Crippen MR) is 229 cm³/mol. The topological polar surface area (TPSA) is 189 Å². The third-order valence-electron chi connectivity index (χ3n) is 11.4. The molecule has 3 aromatic rings. The molecule has 0 radical (unpaired) electrons. The monoisotopic (exact) mass is 837 g/mol. The zero-order valence-electron chi connectivity index (χ0n) is 35.9. The van der Waals surface area contributed by atoms with E-state index in [9.17, 15) is 38.7 Å². The largest absolute Gasteiger partial charge is 0.508 e. The third kappa shape index (κ3) is 12.0. The Morgan fingerprint density at radius 1 is 0.623 bits per heavy atom. The first-order valence-electron chi connectivity index (χ1n) is 20.9. The Balaban J connectivity index is 1.56. The summed E-state index contributed by atoms with van der Waals surface area (Å²) in [5.41, 5.74) is 2.12. The fourth-order valence-corrected chi connectivity index (χ4v) is 7.97. The van der Waals surface area contributed by atoms with Crippen LogP contribution in [0.2, 0.25) is 0 Å². The molecule has 0 saturated carbocycles. The van der Waals surface area contributed by atoms with Crippen LogP contribution in [0.1, 0.15) is 56.7 Å². The van der Waals surface area contributed by atoms with Crippen LogP contribution in [-0.4, -0.2) is 137 Å². The number of phenols is 1. The van der Waals surface area contributed by atoms with Crippen molar-refractivity contribution in [2.45, 2.75) is 95.5 Å². The number of aromatic hydroxyl groups is 1. The lowest BCUT2D eigenvalue weighted by Crippen LogP contribution is -2.60. The molecule has 0 aliphatic carbocycles. The van der Waals surface area contributed by atoms with Crippen LogP contribution in [0.4, 0.5) is 0 Å². The average molecular weight is 838 g/mol. The Bertz CT molecular complexity index is 2030. The standard InChI is InChI=1S/C46H59N7O8/c1-29(2)24-35-43(58)52(6)39(27-32-16-11-8-12-17-32)46(61)53-23-13-18-37(53)45(60)50(4)28-40(55)48-36(25-31-14-9-7-10-15-31)44(59)51(5)38(26-33-19-21-34(54)22-20-33)42(57)47-30(3)41(56)49-35/h7-12,14-17,19-22,29-30,35-39,54H,13,18,23-28H2,1-6H3,(H,47,57)(H,48,55)(H,49,56)/t30-,35-,36-,37-,38-,39+/m0/s1. The summed E-state index contributed by atoms with van der Waals surface area (Å²) in [5, 5.41) is 18.3. The number of fused-ring (bicyclic) bond motifs is 1. The zero-order chi connectivity index (χ0) is 44.4. The van der Waals surface area contributed by atoms with Crippen LogP contribution in [-0.2, 0) is 52.8 Å². The maximum absolute atomic E-state index is 14.7. The molecule has 4 N–H and O–H groups in total. The van der Waals surface area contributed by atoms with Crippen molar-refractivity contribution >= 4 is 41.4 Å². The van der Waals surface area contributed by atoms with Crippen molar-refractivity contribution in [1.82, 2.24) is 35.6 Å². The van der Waals surface area contributed by atoms with Crippen molar-refractivity contribution < 1.29 is 38.7 Å². The second-order valence-corrected chi connectivity index (χ2v) is 16.6. The predicted octanol–water partition coefficient (Wildman–Crippen LogP) is 2.06. The van der Waals surface area contributed by atoms with Crippen LogP contribution in [0.25, 0.3) is 0 Å². The SMILES string of the molecule is CC(C)C[C@@H]1NC(=O)[C@H](C)NC(=O)[C@H](Cc2ccc(O)cc2)N(C)C(=O)[C@H](Cc2ccccc2)NC(=O)CN(C)C(=O)[C@@H]2CCCN2C(=O)[C@@H](Cc2ccccc2)N(C)C1=O. The van der Waals surface area contributed by atoms with Gasteiger partial charge in [-0.25, -0.2) is 0 Å². The van der Waals surface area contributed by atoms with Gasteiger partial charge in [-0.3, -0.25) is 33.6 Å². The summed E-state index contributed by atoms with van der Waals surface area (Å²) in [6.45, 7) is 5.12. The molecule has 5 rings (SSSR count). The van der Waals surface area contributed by atoms with E-state index < -0.39 is 84.1 Å². The third-order valence-corrected chi connectivity index (χ3v) is 11.4. The molecule has 2 saturated heterocycles. The minimum absolute atomic E-state index is 0.0106. The summed E-state index contributed by atoms with van der Waals surface area (Å²) in [4.78, 5) is 105. The van der Waals surface area contributed by atoms with Gasteiger partial charge in [-0.15, -0.1) is 0 Å². The van der Waals surface area contributed by atoms with Crippen molar-refractivity contribution in [1.29, 1.82) is 0 Å². The van der Waals surface area contributed by atoms with Crippen molar-refractivity contribution in [2.24, 2.45) is 5.92 Å². The van der Waals surface area contributed by atoms with Crippen LogP contribution in [0, 0.1) is 5.92 Å². The highest BCUT2D eigenvalue weighted by Crippen LogP contribution is 2.24.